The first-order chi connectivity index (χ1) is 16.8. The highest BCUT2D eigenvalue weighted by Gasteiger charge is 2.29. The SMILES string of the molecule is CCN(c1ccc(Cl)cc1CN(CC(C)(C)C)C(=O)c1ccccc1Cl)S(=O)(=O)c1cccc(C)c1. The molecule has 3 aromatic rings. The Bertz CT molecular complexity index is 1350. The Morgan fingerprint density at radius 3 is 2.25 bits per heavy atom. The maximum absolute atomic E-state index is 13.7. The number of nitrogens with zero attached hydrogens (tertiary/aromatic N) is 2. The molecule has 0 unspecified atom stereocenters. The summed E-state index contributed by atoms with van der Waals surface area (Å²) in [6.45, 7) is 10.6. The molecule has 5 nitrogen and oxygen atoms in total. The predicted molar refractivity (Wildman–Crippen MR) is 148 cm³/mol. The average molecular weight is 548 g/mol. The van der Waals surface area contributed by atoms with Crippen molar-refractivity contribution in [3.63, 3.8) is 0 Å². The van der Waals surface area contributed by atoms with Crippen LogP contribution in [0.15, 0.2) is 71.6 Å². The number of hydrogen-bond donors (Lipinski definition) is 0. The van der Waals surface area contributed by atoms with Crippen molar-refractivity contribution in [2.24, 2.45) is 5.41 Å². The molecule has 0 heterocycles. The summed E-state index contributed by atoms with van der Waals surface area (Å²) in [6.07, 6.45) is 0. The summed E-state index contributed by atoms with van der Waals surface area (Å²) in [7, 11) is -3.85. The molecular weight excluding hydrogens is 515 g/mol. The summed E-state index contributed by atoms with van der Waals surface area (Å²) < 4.78 is 28.7. The van der Waals surface area contributed by atoms with Crippen LogP contribution in [-0.2, 0) is 16.6 Å². The zero-order valence-corrected chi connectivity index (χ0v) is 23.6. The fourth-order valence-electron chi connectivity index (χ4n) is 4.08. The minimum absolute atomic E-state index is 0.164. The zero-order valence-electron chi connectivity index (χ0n) is 21.3. The molecule has 0 aromatic heterocycles. The van der Waals surface area contributed by atoms with E-state index in [0.717, 1.165) is 5.56 Å². The van der Waals surface area contributed by atoms with Gasteiger partial charge < -0.3 is 4.90 Å². The predicted octanol–water partition coefficient (Wildman–Crippen LogP) is 7.21. The maximum atomic E-state index is 13.7. The Labute approximate surface area is 224 Å². The molecule has 0 radical (unpaired) electrons. The molecular formula is C28H32Cl2N2O3S. The highest BCUT2D eigenvalue weighted by Crippen LogP contribution is 2.32. The minimum Gasteiger partial charge on any atom is -0.334 e. The monoisotopic (exact) mass is 546 g/mol. The molecule has 0 bridgehead atoms. The Morgan fingerprint density at radius 2 is 1.64 bits per heavy atom. The Kier molecular flexibility index (Phi) is 8.75. The Hall–Kier alpha value is -2.54. The van der Waals surface area contributed by atoms with Crippen LogP contribution >= 0.6 is 23.2 Å². The number of aryl methyl sites for hydroxylation is 1. The molecule has 36 heavy (non-hydrogen) atoms. The lowest BCUT2D eigenvalue weighted by molar-refractivity contribution is 0.0680. The Balaban J connectivity index is 2.09. The number of anilines is 1. The number of carbonyl (C=O) groups excluding carboxylic acids is 1. The van der Waals surface area contributed by atoms with Gasteiger partial charge in [-0.2, -0.15) is 0 Å². The van der Waals surface area contributed by atoms with E-state index in [2.05, 4.69) is 0 Å². The minimum atomic E-state index is -3.85. The van der Waals surface area contributed by atoms with Gasteiger partial charge in [-0.15, -0.1) is 0 Å². The van der Waals surface area contributed by atoms with Crippen LogP contribution in [0.5, 0.6) is 0 Å². The van der Waals surface area contributed by atoms with Crippen LogP contribution in [0.1, 0.15) is 49.2 Å². The summed E-state index contributed by atoms with van der Waals surface area (Å²) in [4.78, 5) is 15.5. The van der Waals surface area contributed by atoms with E-state index in [0.29, 0.717) is 33.4 Å². The summed E-state index contributed by atoms with van der Waals surface area (Å²) in [6, 6.07) is 18.8. The van der Waals surface area contributed by atoms with E-state index in [1.54, 1.807) is 72.5 Å². The lowest BCUT2D eigenvalue weighted by atomic mass is 9.95. The molecule has 192 valence electrons. The highest BCUT2D eigenvalue weighted by atomic mass is 35.5. The van der Waals surface area contributed by atoms with Crippen molar-refractivity contribution in [2.45, 2.75) is 46.1 Å². The van der Waals surface area contributed by atoms with E-state index in [9.17, 15) is 13.2 Å². The van der Waals surface area contributed by atoms with Gasteiger partial charge >= 0.3 is 0 Å². The third-order valence-electron chi connectivity index (χ3n) is 5.59. The van der Waals surface area contributed by atoms with Gasteiger partial charge in [0.05, 0.1) is 21.2 Å². The van der Waals surface area contributed by atoms with Gasteiger partial charge in [-0.1, -0.05) is 68.2 Å². The van der Waals surface area contributed by atoms with Crippen LogP contribution in [-0.4, -0.2) is 32.3 Å². The molecule has 1 amide bonds. The molecule has 0 aliphatic carbocycles. The van der Waals surface area contributed by atoms with Gasteiger partial charge in [-0.05, 0) is 72.9 Å². The third-order valence-corrected chi connectivity index (χ3v) is 8.04. The molecule has 3 aromatic carbocycles. The number of benzene rings is 3. The lowest BCUT2D eigenvalue weighted by Gasteiger charge is -2.32. The van der Waals surface area contributed by atoms with Gasteiger partial charge in [0.25, 0.3) is 15.9 Å². The van der Waals surface area contributed by atoms with E-state index < -0.39 is 10.0 Å². The molecule has 0 fully saturated rings. The zero-order chi connectivity index (χ0) is 26.7. The number of rotatable bonds is 8. The van der Waals surface area contributed by atoms with Crippen molar-refractivity contribution in [3.8, 4) is 0 Å². The second-order valence-electron chi connectivity index (χ2n) is 9.96. The van der Waals surface area contributed by atoms with Crippen molar-refractivity contribution >= 4 is 44.8 Å². The lowest BCUT2D eigenvalue weighted by Crippen LogP contribution is -2.38. The van der Waals surface area contributed by atoms with E-state index in [4.69, 9.17) is 23.2 Å². The van der Waals surface area contributed by atoms with Gasteiger partial charge in [0.1, 0.15) is 0 Å². The van der Waals surface area contributed by atoms with Crippen LogP contribution in [0.3, 0.4) is 0 Å². The van der Waals surface area contributed by atoms with Crippen LogP contribution in [0.2, 0.25) is 10.0 Å². The summed E-state index contributed by atoms with van der Waals surface area (Å²) >= 11 is 12.7. The van der Waals surface area contributed by atoms with E-state index in [-0.39, 0.29) is 29.3 Å². The first-order valence-corrected chi connectivity index (χ1v) is 13.9. The van der Waals surface area contributed by atoms with E-state index in [1.165, 1.54) is 4.31 Å². The van der Waals surface area contributed by atoms with Crippen LogP contribution < -0.4 is 4.31 Å². The van der Waals surface area contributed by atoms with Crippen LogP contribution in [0.4, 0.5) is 5.69 Å². The van der Waals surface area contributed by atoms with Crippen LogP contribution in [0, 0.1) is 12.3 Å². The van der Waals surface area contributed by atoms with E-state index in [1.807, 2.05) is 33.8 Å². The van der Waals surface area contributed by atoms with Gasteiger partial charge in [0, 0.05) is 24.7 Å². The van der Waals surface area contributed by atoms with Crippen molar-refractivity contribution in [1.29, 1.82) is 0 Å². The maximum Gasteiger partial charge on any atom is 0.264 e. The molecule has 0 aliphatic rings. The molecule has 8 heteroatoms. The van der Waals surface area contributed by atoms with E-state index >= 15 is 0 Å². The molecule has 0 spiro atoms. The summed E-state index contributed by atoms with van der Waals surface area (Å²) in [5.41, 5.74) is 2.14. The number of hydrogen-bond acceptors (Lipinski definition) is 3. The molecule has 3 rings (SSSR count). The third kappa shape index (κ3) is 6.61. The Morgan fingerprint density at radius 1 is 0.944 bits per heavy atom. The average Bonchev–Trinajstić information content (AvgIpc) is 2.79. The highest BCUT2D eigenvalue weighted by molar-refractivity contribution is 7.92. The normalized spacial score (nSPS) is 11.9. The topological polar surface area (TPSA) is 57.7 Å². The molecule has 0 saturated carbocycles. The smallest absolute Gasteiger partial charge is 0.264 e. The first-order valence-electron chi connectivity index (χ1n) is 11.7. The molecule has 0 N–H and O–H groups in total. The number of halogens is 2. The van der Waals surface area contributed by atoms with Gasteiger partial charge in [0.2, 0.25) is 0 Å². The summed E-state index contributed by atoms with van der Waals surface area (Å²) in [5, 5.41) is 0.823. The number of sulfonamides is 1. The quantitative estimate of drug-likeness (QED) is 0.300. The fourth-order valence-corrected chi connectivity index (χ4v) is 6.11. The van der Waals surface area contributed by atoms with Gasteiger partial charge in [-0.25, -0.2) is 8.42 Å². The largest absolute Gasteiger partial charge is 0.334 e. The van der Waals surface area contributed by atoms with Gasteiger partial charge in [-0.3, -0.25) is 9.10 Å². The first kappa shape index (κ1) is 28.0. The van der Waals surface area contributed by atoms with Gasteiger partial charge in [0.15, 0.2) is 0 Å². The fraction of sp³-hybridized carbons (Fsp3) is 0.321. The second kappa shape index (κ2) is 11.2. The second-order valence-corrected chi connectivity index (χ2v) is 12.7. The molecule has 0 aliphatic heterocycles. The van der Waals surface area contributed by atoms with Crippen molar-refractivity contribution in [1.82, 2.24) is 4.90 Å². The van der Waals surface area contributed by atoms with Crippen molar-refractivity contribution in [2.75, 3.05) is 17.4 Å². The molecule has 0 saturated heterocycles. The molecule has 0 atom stereocenters. The number of amides is 1. The van der Waals surface area contributed by atoms with Crippen molar-refractivity contribution in [3.05, 3.63) is 93.5 Å². The van der Waals surface area contributed by atoms with Crippen LogP contribution in [0.25, 0.3) is 0 Å². The standard InChI is InChI=1S/C28H32Cl2N2O3S/c1-6-32(36(34,35)23-11-9-10-20(2)16-23)26-15-14-22(29)17-21(26)18-31(19-28(3,4)5)27(33)24-12-7-8-13-25(24)30/h7-17H,6,18-19H2,1-5H3. The number of carbonyl (C=O) groups is 1. The summed E-state index contributed by atoms with van der Waals surface area (Å²) in [5.74, 6) is -0.231. The van der Waals surface area contributed by atoms with Crippen molar-refractivity contribution < 1.29 is 13.2 Å².